The van der Waals surface area contributed by atoms with Gasteiger partial charge in [0.05, 0.1) is 17.0 Å². The van der Waals surface area contributed by atoms with Crippen LogP contribution < -0.4 is 10.2 Å². The molecule has 1 atom stereocenters. The van der Waals surface area contributed by atoms with Gasteiger partial charge in [-0.15, -0.1) is 0 Å². The smallest absolute Gasteiger partial charge is 0.291 e. The van der Waals surface area contributed by atoms with Crippen molar-refractivity contribution in [2.75, 3.05) is 0 Å². The molecule has 1 aliphatic heterocycles. The molecule has 0 bridgehead atoms. The van der Waals surface area contributed by atoms with E-state index in [2.05, 4.69) is 0 Å². The summed E-state index contributed by atoms with van der Waals surface area (Å²) in [4.78, 5) is 29.4. The number of carbonyl (C=O) groups is 1. The van der Waals surface area contributed by atoms with Crippen LogP contribution in [0.3, 0.4) is 0 Å². The van der Waals surface area contributed by atoms with Crippen LogP contribution in [0.25, 0.3) is 11.0 Å². The summed E-state index contributed by atoms with van der Waals surface area (Å²) in [7, 11) is 0. The van der Waals surface area contributed by atoms with Gasteiger partial charge in [-0.1, -0.05) is 48.5 Å². The molecule has 1 amide bonds. The van der Waals surface area contributed by atoms with Crippen LogP contribution in [0.2, 0.25) is 0 Å². The van der Waals surface area contributed by atoms with E-state index < -0.39 is 6.04 Å². The summed E-state index contributed by atoms with van der Waals surface area (Å²) in [5.41, 5.74) is 3.64. The maximum absolute atomic E-state index is 14.0. The third kappa shape index (κ3) is 4.14. The maximum Gasteiger partial charge on any atom is 0.291 e. The molecule has 5 nitrogen and oxygen atoms in total. The van der Waals surface area contributed by atoms with Crippen LogP contribution in [0.4, 0.5) is 4.39 Å². The summed E-state index contributed by atoms with van der Waals surface area (Å²) in [5, 5.41) is 0.465. The minimum Gasteiger partial charge on any atom is -0.457 e. The van der Waals surface area contributed by atoms with Gasteiger partial charge in [0.1, 0.15) is 22.9 Å². The van der Waals surface area contributed by atoms with Gasteiger partial charge in [-0.3, -0.25) is 9.59 Å². The Morgan fingerprint density at radius 1 is 0.868 bits per heavy atom. The van der Waals surface area contributed by atoms with Crippen molar-refractivity contribution in [2.24, 2.45) is 0 Å². The first kappa shape index (κ1) is 23.7. The van der Waals surface area contributed by atoms with Gasteiger partial charge in [-0.25, -0.2) is 4.39 Å². The molecule has 0 radical (unpaired) electrons. The number of para-hydroxylation sites is 1. The fraction of sp³-hybridized carbons (Fsp3) is 0.125. The van der Waals surface area contributed by atoms with Gasteiger partial charge >= 0.3 is 0 Å². The number of halogens is 1. The third-order valence-corrected chi connectivity index (χ3v) is 6.83. The molecule has 2 heterocycles. The minimum absolute atomic E-state index is 0.0361. The van der Waals surface area contributed by atoms with Crippen LogP contribution in [0.15, 0.2) is 100 Å². The summed E-state index contributed by atoms with van der Waals surface area (Å²) >= 11 is 0. The predicted molar refractivity (Wildman–Crippen MR) is 143 cm³/mol. The van der Waals surface area contributed by atoms with Crippen molar-refractivity contribution >= 4 is 16.9 Å². The fourth-order valence-electron chi connectivity index (χ4n) is 5.18. The average Bonchev–Trinajstić information content (AvgIpc) is 3.17. The van der Waals surface area contributed by atoms with Crippen molar-refractivity contribution in [1.82, 2.24) is 4.90 Å². The summed E-state index contributed by atoms with van der Waals surface area (Å²) in [6.07, 6.45) is 0. The highest BCUT2D eigenvalue weighted by molar-refractivity contribution is 5.99. The first-order valence-electron chi connectivity index (χ1n) is 12.4. The zero-order chi connectivity index (χ0) is 26.4. The second kappa shape index (κ2) is 9.30. The van der Waals surface area contributed by atoms with Crippen LogP contribution >= 0.6 is 0 Å². The molecule has 6 rings (SSSR count). The molecule has 0 spiro atoms. The lowest BCUT2D eigenvalue weighted by atomic mass is 9.96. The molecule has 6 heteroatoms. The quantitative estimate of drug-likeness (QED) is 0.256. The SMILES string of the molecule is Cc1cc(C)c2c(=O)c3c(oc2c1)C(=O)N(Cc1ccc(F)cc1)C3c1cccc(Oc2ccccc2)c1. The first-order valence-corrected chi connectivity index (χ1v) is 12.4. The molecule has 0 saturated carbocycles. The molecule has 1 aromatic heterocycles. The number of nitrogens with zero attached hydrogens (tertiary/aromatic N) is 1. The number of fused-ring (bicyclic) bond motifs is 2. The average molecular weight is 506 g/mol. The Bertz CT molecular complexity index is 1740. The number of amides is 1. The van der Waals surface area contributed by atoms with Crippen LogP contribution in [-0.4, -0.2) is 10.8 Å². The van der Waals surface area contributed by atoms with E-state index in [-0.39, 0.29) is 29.5 Å². The van der Waals surface area contributed by atoms with Gasteiger partial charge in [-0.2, -0.15) is 0 Å². The number of hydrogen-bond donors (Lipinski definition) is 0. The lowest BCUT2D eigenvalue weighted by Crippen LogP contribution is -2.29. The highest BCUT2D eigenvalue weighted by Gasteiger charge is 2.43. The number of benzene rings is 4. The number of hydrogen-bond acceptors (Lipinski definition) is 4. The van der Waals surface area contributed by atoms with Crippen molar-refractivity contribution in [3.05, 3.63) is 141 Å². The monoisotopic (exact) mass is 505 g/mol. The van der Waals surface area contributed by atoms with E-state index in [0.717, 1.165) is 16.7 Å². The van der Waals surface area contributed by atoms with E-state index in [1.165, 1.54) is 12.1 Å². The van der Waals surface area contributed by atoms with Crippen molar-refractivity contribution in [3.63, 3.8) is 0 Å². The Morgan fingerprint density at radius 2 is 1.61 bits per heavy atom. The molecule has 38 heavy (non-hydrogen) atoms. The van der Waals surface area contributed by atoms with Crippen LogP contribution in [-0.2, 0) is 6.54 Å². The van der Waals surface area contributed by atoms with E-state index in [4.69, 9.17) is 9.15 Å². The van der Waals surface area contributed by atoms with Crippen molar-refractivity contribution in [3.8, 4) is 11.5 Å². The third-order valence-electron chi connectivity index (χ3n) is 6.83. The summed E-state index contributed by atoms with van der Waals surface area (Å²) in [6.45, 7) is 3.96. The molecule has 1 aliphatic rings. The zero-order valence-corrected chi connectivity index (χ0v) is 20.9. The van der Waals surface area contributed by atoms with E-state index >= 15 is 0 Å². The lowest BCUT2D eigenvalue weighted by molar-refractivity contribution is 0.0714. The van der Waals surface area contributed by atoms with E-state index in [0.29, 0.717) is 33.6 Å². The maximum atomic E-state index is 14.0. The predicted octanol–water partition coefficient (Wildman–Crippen LogP) is 7.09. The zero-order valence-electron chi connectivity index (χ0n) is 20.9. The highest BCUT2D eigenvalue weighted by atomic mass is 19.1. The van der Waals surface area contributed by atoms with Crippen LogP contribution in [0.1, 0.15) is 44.4 Å². The number of carbonyl (C=O) groups excluding carboxylic acids is 1. The van der Waals surface area contributed by atoms with Gasteiger partial charge in [0.25, 0.3) is 5.91 Å². The van der Waals surface area contributed by atoms with Crippen LogP contribution in [0.5, 0.6) is 11.5 Å². The minimum atomic E-state index is -0.705. The van der Waals surface area contributed by atoms with Gasteiger partial charge in [0, 0.05) is 6.54 Å². The molecule has 188 valence electrons. The van der Waals surface area contributed by atoms with Crippen molar-refractivity contribution < 1.29 is 18.3 Å². The second-order valence-electron chi connectivity index (χ2n) is 9.58. The second-order valence-corrected chi connectivity index (χ2v) is 9.58. The molecule has 0 N–H and O–H groups in total. The fourth-order valence-corrected chi connectivity index (χ4v) is 5.18. The molecule has 1 unspecified atom stereocenters. The van der Waals surface area contributed by atoms with Crippen molar-refractivity contribution in [1.29, 1.82) is 0 Å². The van der Waals surface area contributed by atoms with Gasteiger partial charge < -0.3 is 14.1 Å². The Balaban J connectivity index is 1.52. The molecular formula is C32H24FNO4. The highest BCUT2D eigenvalue weighted by Crippen LogP contribution is 2.40. The Labute approximate surface area is 218 Å². The summed E-state index contributed by atoms with van der Waals surface area (Å²) < 4.78 is 25.8. The molecule has 5 aromatic rings. The van der Waals surface area contributed by atoms with Crippen LogP contribution in [0, 0.1) is 19.7 Å². The Kier molecular flexibility index (Phi) is 5.80. The normalized spacial score (nSPS) is 14.7. The molecule has 0 aliphatic carbocycles. The van der Waals surface area contributed by atoms with Gasteiger partial charge in [0.15, 0.2) is 5.43 Å². The Hall–Kier alpha value is -4.71. The van der Waals surface area contributed by atoms with E-state index in [1.54, 1.807) is 23.1 Å². The topological polar surface area (TPSA) is 59.8 Å². The first-order chi connectivity index (χ1) is 18.4. The summed E-state index contributed by atoms with van der Waals surface area (Å²) in [5.74, 6) is 0.539. The largest absolute Gasteiger partial charge is 0.457 e. The van der Waals surface area contributed by atoms with Gasteiger partial charge in [-0.05, 0) is 78.6 Å². The Morgan fingerprint density at radius 3 is 2.37 bits per heavy atom. The summed E-state index contributed by atoms with van der Waals surface area (Å²) in [6, 6.07) is 25.8. The number of aryl methyl sites for hydroxylation is 2. The van der Waals surface area contributed by atoms with Crippen molar-refractivity contribution in [2.45, 2.75) is 26.4 Å². The number of rotatable bonds is 5. The molecule has 0 fully saturated rings. The molecular weight excluding hydrogens is 481 g/mol. The molecule has 4 aromatic carbocycles. The van der Waals surface area contributed by atoms with E-state index in [9.17, 15) is 14.0 Å². The molecule has 0 saturated heterocycles. The lowest BCUT2D eigenvalue weighted by Gasteiger charge is -2.25. The van der Waals surface area contributed by atoms with E-state index in [1.807, 2.05) is 74.5 Å². The van der Waals surface area contributed by atoms with Gasteiger partial charge in [0.2, 0.25) is 5.76 Å². The number of ether oxygens (including phenoxy) is 1. The standard InChI is InChI=1S/C32H24FNO4/c1-19-15-20(2)27-26(16-19)38-31-28(30(27)35)29(34(32(31)36)18-21-11-13-23(33)14-12-21)22-7-6-10-25(17-22)37-24-8-4-3-5-9-24/h3-17,29H,18H2,1-2H3.